The normalized spacial score (nSPS) is 18.9. The first-order valence-electron chi connectivity index (χ1n) is 29.5. The average molecular weight is 1060 g/mol. The third kappa shape index (κ3) is 7.04. The summed E-state index contributed by atoms with van der Waals surface area (Å²) in [6.45, 7) is 26.5. The summed E-state index contributed by atoms with van der Waals surface area (Å²) in [5.74, 6) is 0. The fourth-order valence-corrected chi connectivity index (χ4v) is 16.6. The Bertz CT molecular complexity index is 4240. The van der Waals surface area contributed by atoms with E-state index in [0.29, 0.717) is 0 Å². The first kappa shape index (κ1) is 49.7. The third-order valence-electron chi connectivity index (χ3n) is 19.9. The van der Waals surface area contributed by atoms with Gasteiger partial charge in [-0.1, -0.05) is 203 Å². The molecule has 2 unspecified atom stereocenters. The molecule has 10 aromatic rings. The van der Waals surface area contributed by atoms with Crippen LogP contribution in [0.5, 0.6) is 0 Å². The number of thiophene rings is 1. The van der Waals surface area contributed by atoms with Crippen molar-refractivity contribution in [3.05, 3.63) is 209 Å². The van der Waals surface area contributed by atoms with Gasteiger partial charge >= 0.3 is 0 Å². The van der Waals surface area contributed by atoms with Gasteiger partial charge in [-0.2, -0.15) is 0 Å². The number of anilines is 8. The maximum Gasteiger partial charge on any atom is 0.252 e. The highest BCUT2D eigenvalue weighted by molar-refractivity contribution is 7.26. The standard InChI is InChI=1S/C75H72BN3S/c1-71(2,3)48-30-34-60(56(41-48)46-22-13-12-14-23-46)77-63-37-33-53-52-25-16-15-24-47(52)40-57(53)68(63)76-59-43-50(73(7,8)9)32-36-62(59)78(64-28-21-27-55-54-26-17-18-29-67(54)80-70(55)64)66-45-51(44-65(77)69(66)76)79-61-35-31-49(72(4,5)6)42-58(61)74(10)38-19-20-39-75(74,79)11/h12-18,21-37,41-45H,19-20,38-40H2,1-11H3. The molecule has 2 atom stereocenters. The molecule has 1 saturated carbocycles. The molecule has 4 heterocycles. The highest BCUT2D eigenvalue weighted by Crippen LogP contribution is 2.63. The van der Waals surface area contributed by atoms with Crippen molar-refractivity contribution < 1.29 is 0 Å². The highest BCUT2D eigenvalue weighted by Gasteiger charge is 2.58. The van der Waals surface area contributed by atoms with E-state index in [1.807, 2.05) is 11.3 Å². The number of nitrogens with zero attached hydrogens (tertiary/aromatic N) is 3. The predicted molar refractivity (Wildman–Crippen MR) is 346 cm³/mol. The molecule has 15 rings (SSSR count). The molecule has 0 radical (unpaired) electrons. The van der Waals surface area contributed by atoms with Crippen molar-refractivity contribution in [2.45, 2.75) is 135 Å². The minimum absolute atomic E-state index is 0.0255. The van der Waals surface area contributed by atoms with Crippen LogP contribution in [0, 0.1) is 0 Å². The van der Waals surface area contributed by atoms with Crippen LogP contribution in [0.15, 0.2) is 176 Å². The lowest BCUT2D eigenvalue weighted by atomic mass is 9.32. The number of hydrogen-bond donors (Lipinski definition) is 0. The smallest absolute Gasteiger partial charge is 0.252 e. The van der Waals surface area contributed by atoms with E-state index in [1.54, 1.807) is 0 Å². The van der Waals surface area contributed by atoms with Crippen molar-refractivity contribution in [2.24, 2.45) is 0 Å². The van der Waals surface area contributed by atoms with Crippen LogP contribution in [0.1, 0.15) is 135 Å². The van der Waals surface area contributed by atoms with Gasteiger partial charge in [0.25, 0.3) is 6.71 Å². The molecule has 1 aromatic heterocycles. The van der Waals surface area contributed by atoms with Gasteiger partial charge in [0, 0.05) is 60.6 Å². The summed E-state index contributed by atoms with van der Waals surface area (Å²) in [5.41, 5.74) is 27.6. The zero-order valence-electron chi connectivity index (χ0n) is 48.6. The Labute approximate surface area is 479 Å². The maximum absolute atomic E-state index is 2.85. The monoisotopic (exact) mass is 1060 g/mol. The number of rotatable bonds is 4. The molecule has 9 aromatic carbocycles. The summed E-state index contributed by atoms with van der Waals surface area (Å²) in [4.78, 5) is 8.32. The quantitative estimate of drug-likeness (QED) is 0.163. The van der Waals surface area contributed by atoms with Crippen LogP contribution in [-0.4, -0.2) is 12.3 Å². The largest absolute Gasteiger partial charge is 0.334 e. The van der Waals surface area contributed by atoms with Crippen molar-refractivity contribution >= 4 is 100 Å². The van der Waals surface area contributed by atoms with Crippen molar-refractivity contribution in [1.29, 1.82) is 0 Å². The van der Waals surface area contributed by atoms with Gasteiger partial charge in [0.2, 0.25) is 0 Å². The van der Waals surface area contributed by atoms with E-state index in [4.69, 9.17) is 0 Å². The van der Waals surface area contributed by atoms with Crippen LogP contribution in [0.4, 0.5) is 45.5 Å². The zero-order chi connectivity index (χ0) is 55.0. The van der Waals surface area contributed by atoms with Crippen molar-refractivity contribution in [3.63, 3.8) is 0 Å². The van der Waals surface area contributed by atoms with Crippen LogP contribution >= 0.6 is 11.3 Å². The Morgan fingerprint density at radius 3 is 1.82 bits per heavy atom. The molecule has 5 heteroatoms. The lowest BCUT2D eigenvalue weighted by molar-refractivity contribution is 0.195. The number of hydrogen-bond acceptors (Lipinski definition) is 4. The molecule has 0 N–H and O–H groups in total. The van der Waals surface area contributed by atoms with Gasteiger partial charge in [-0.25, -0.2) is 0 Å². The summed E-state index contributed by atoms with van der Waals surface area (Å²) in [6, 6.07) is 69.3. The van der Waals surface area contributed by atoms with E-state index in [2.05, 4.69) is 267 Å². The number of benzene rings is 9. The van der Waals surface area contributed by atoms with E-state index >= 15 is 0 Å². The fraction of sp³-hybridized carbons (Fsp3) is 0.280. The van der Waals surface area contributed by atoms with E-state index in [9.17, 15) is 0 Å². The van der Waals surface area contributed by atoms with Gasteiger partial charge in [0.05, 0.1) is 21.6 Å². The molecule has 0 spiro atoms. The minimum atomic E-state index is -0.178. The minimum Gasteiger partial charge on any atom is -0.334 e. The summed E-state index contributed by atoms with van der Waals surface area (Å²) >= 11 is 1.94. The number of fused-ring (bicyclic) bond motifs is 14. The van der Waals surface area contributed by atoms with Crippen molar-refractivity contribution in [3.8, 4) is 22.3 Å². The van der Waals surface area contributed by atoms with E-state index in [-0.39, 0.29) is 33.9 Å². The topological polar surface area (TPSA) is 9.72 Å². The van der Waals surface area contributed by atoms with Gasteiger partial charge in [0.1, 0.15) is 0 Å². The Morgan fingerprint density at radius 1 is 0.463 bits per heavy atom. The van der Waals surface area contributed by atoms with Crippen LogP contribution in [0.2, 0.25) is 0 Å². The SMILES string of the molecule is CC(C)(C)c1ccc2c(c1)B1c3c(cc(N4c5ccc(C(C)(C)C)cc5C5(C)CCCCC45C)cc3N2c2cccc3c2sc2ccccc23)N(c2ccc(C(C)(C)C)cc2-c2ccccc2)c2ccc3c(c21)Cc1ccccc1-3. The maximum atomic E-state index is 2.85. The molecular formula is C75H72BN3S. The van der Waals surface area contributed by atoms with Gasteiger partial charge in [-0.05, 0) is 163 Å². The summed E-state index contributed by atoms with van der Waals surface area (Å²) in [6.07, 6.45) is 5.62. The first-order valence-corrected chi connectivity index (χ1v) is 30.4. The van der Waals surface area contributed by atoms with E-state index in [0.717, 1.165) is 19.3 Å². The molecule has 0 saturated heterocycles. The molecule has 3 nitrogen and oxygen atoms in total. The van der Waals surface area contributed by atoms with E-state index < -0.39 is 0 Å². The molecule has 3 aliphatic heterocycles. The van der Waals surface area contributed by atoms with Crippen LogP contribution < -0.4 is 31.1 Å². The first-order chi connectivity index (χ1) is 38.3. The zero-order valence-corrected chi connectivity index (χ0v) is 49.4. The van der Waals surface area contributed by atoms with Crippen molar-refractivity contribution in [2.75, 3.05) is 14.7 Å². The molecule has 2 aliphatic carbocycles. The predicted octanol–water partition coefficient (Wildman–Crippen LogP) is 19.0. The lowest BCUT2D eigenvalue weighted by Gasteiger charge is -2.51. The molecular weight excluding hydrogens is 986 g/mol. The van der Waals surface area contributed by atoms with E-state index in [1.165, 1.54) is 151 Å². The molecule has 396 valence electrons. The fourth-order valence-electron chi connectivity index (χ4n) is 15.4. The third-order valence-corrected chi connectivity index (χ3v) is 21.1. The Hall–Kier alpha value is -7.34. The summed E-state index contributed by atoms with van der Waals surface area (Å²) < 4.78 is 2.64. The van der Waals surface area contributed by atoms with Crippen LogP contribution in [0.3, 0.4) is 0 Å². The summed E-state index contributed by atoms with van der Waals surface area (Å²) in [7, 11) is 0. The molecule has 0 bridgehead atoms. The molecule has 1 fully saturated rings. The Kier molecular flexibility index (Phi) is 10.6. The molecule has 0 amide bonds. The Morgan fingerprint density at radius 2 is 1.07 bits per heavy atom. The van der Waals surface area contributed by atoms with Gasteiger partial charge < -0.3 is 14.7 Å². The van der Waals surface area contributed by atoms with Crippen molar-refractivity contribution in [1.82, 2.24) is 0 Å². The second-order valence-electron chi connectivity index (χ2n) is 27.6. The molecule has 80 heavy (non-hydrogen) atoms. The van der Waals surface area contributed by atoms with Crippen LogP contribution in [0.25, 0.3) is 42.4 Å². The molecule has 5 aliphatic rings. The summed E-state index contributed by atoms with van der Waals surface area (Å²) in [5, 5.41) is 2.63. The van der Waals surface area contributed by atoms with Gasteiger partial charge in [-0.15, -0.1) is 11.3 Å². The van der Waals surface area contributed by atoms with Gasteiger partial charge in [0.15, 0.2) is 0 Å². The lowest BCUT2D eigenvalue weighted by Crippen LogP contribution is -2.62. The highest BCUT2D eigenvalue weighted by atomic mass is 32.1. The van der Waals surface area contributed by atoms with Gasteiger partial charge in [-0.3, -0.25) is 0 Å². The second kappa shape index (κ2) is 17.1. The van der Waals surface area contributed by atoms with Crippen LogP contribution in [-0.2, 0) is 28.1 Å². The Balaban J connectivity index is 1.11. The average Bonchev–Trinajstić information content (AvgIpc) is 2.03. The second-order valence-corrected chi connectivity index (χ2v) is 28.7.